The van der Waals surface area contributed by atoms with Crippen LogP contribution >= 0.6 is 11.6 Å². The summed E-state index contributed by atoms with van der Waals surface area (Å²) in [6, 6.07) is 7.77. The Hall–Kier alpha value is -2.05. The number of H-pyrrole nitrogens is 1. The smallest absolute Gasteiger partial charge is 0.285 e. The fourth-order valence-electron chi connectivity index (χ4n) is 2.37. The molecule has 3 rings (SSSR count). The molecule has 0 aliphatic carbocycles. The fourth-order valence-corrected chi connectivity index (χ4v) is 2.53. The number of aromatic amines is 1. The summed E-state index contributed by atoms with van der Waals surface area (Å²) < 4.78 is 11.2. The molecule has 122 valence electrons. The number of hydrogen-bond acceptors (Lipinski definition) is 5. The van der Waals surface area contributed by atoms with E-state index in [1.54, 1.807) is 0 Å². The maximum Gasteiger partial charge on any atom is 0.285 e. The third-order valence-electron chi connectivity index (χ3n) is 3.66. The van der Waals surface area contributed by atoms with Gasteiger partial charge in [0.15, 0.2) is 0 Å². The molecule has 0 spiro atoms. The van der Waals surface area contributed by atoms with E-state index in [2.05, 4.69) is 15.5 Å². The number of ether oxygens (including phenoxy) is 2. The Morgan fingerprint density at radius 1 is 1.39 bits per heavy atom. The normalized spacial score (nSPS) is 17.2. The molecule has 1 fully saturated rings. The van der Waals surface area contributed by atoms with Gasteiger partial charge in [-0.3, -0.25) is 4.79 Å². The summed E-state index contributed by atoms with van der Waals surface area (Å²) in [4.78, 5) is 11.4. The number of nitrogens with zero attached hydrogens (tertiary/aromatic N) is 1. The summed E-state index contributed by atoms with van der Waals surface area (Å²) in [6.07, 6.45) is 3.87. The first-order valence-corrected chi connectivity index (χ1v) is 7.90. The molecule has 0 bridgehead atoms. The van der Waals surface area contributed by atoms with Gasteiger partial charge >= 0.3 is 0 Å². The molecule has 1 aromatic carbocycles. The molecule has 2 heterocycles. The Kier molecular flexibility index (Phi) is 5.15. The van der Waals surface area contributed by atoms with Gasteiger partial charge in [0, 0.05) is 13.2 Å². The van der Waals surface area contributed by atoms with Crippen LogP contribution in [0.1, 0.15) is 18.4 Å². The van der Waals surface area contributed by atoms with Crippen molar-refractivity contribution in [3.05, 3.63) is 51.4 Å². The Balaban J connectivity index is 1.52. The van der Waals surface area contributed by atoms with Gasteiger partial charge in [-0.05, 0) is 30.5 Å². The molecule has 2 aromatic rings. The molecule has 7 heteroatoms. The molecule has 0 unspecified atom stereocenters. The average Bonchev–Trinajstić information content (AvgIpc) is 3.09. The van der Waals surface area contributed by atoms with Crippen LogP contribution in [-0.2, 0) is 11.3 Å². The molecular weight excluding hydrogens is 318 g/mol. The van der Waals surface area contributed by atoms with Gasteiger partial charge in [-0.2, -0.15) is 5.10 Å². The van der Waals surface area contributed by atoms with E-state index < -0.39 is 5.56 Å². The molecule has 2 N–H and O–H groups in total. The highest BCUT2D eigenvalue weighted by molar-refractivity contribution is 6.32. The standard InChI is InChI=1S/C16H18ClN3O3/c17-15-14(9-19-20-16(15)21)18-8-11-3-5-12(6-4-11)23-10-13-2-1-7-22-13/h3-6,9,13H,1-2,7-8,10H2,(H2,18,20,21)/t13-/m0/s1. The fraction of sp³-hybridized carbons (Fsp3) is 0.375. The van der Waals surface area contributed by atoms with Crippen LogP contribution in [0.25, 0.3) is 0 Å². The highest BCUT2D eigenvalue weighted by Gasteiger charge is 2.15. The predicted octanol–water partition coefficient (Wildman–Crippen LogP) is 2.59. The van der Waals surface area contributed by atoms with Crippen molar-refractivity contribution in [1.82, 2.24) is 10.2 Å². The van der Waals surface area contributed by atoms with E-state index >= 15 is 0 Å². The van der Waals surface area contributed by atoms with E-state index in [1.807, 2.05) is 24.3 Å². The minimum Gasteiger partial charge on any atom is -0.491 e. The molecule has 0 radical (unpaired) electrons. The zero-order valence-electron chi connectivity index (χ0n) is 12.5. The van der Waals surface area contributed by atoms with Crippen LogP contribution in [0.5, 0.6) is 5.75 Å². The lowest BCUT2D eigenvalue weighted by atomic mass is 10.2. The van der Waals surface area contributed by atoms with Crippen molar-refractivity contribution in [3.8, 4) is 5.75 Å². The van der Waals surface area contributed by atoms with Crippen LogP contribution in [-0.4, -0.2) is 29.5 Å². The number of anilines is 1. The number of hydrogen-bond donors (Lipinski definition) is 2. The van der Waals surface area contributed by atoms with Crippen molar-refractivity contribution in [2.24, 2.45) is 0 Å². The summed E-state index contributed by atoms with van der Waals surface area (Å²) in [5.41, 5.74) is 1.15. The third-order valence-corrected chi connectivity index (χ3v) is 4.04. The zero-order valence-corrected chi connectivity index (χ0v) is 13.3. The molecule has 23 heavy (non-hydrogen) atoms. The van der Waals surface area contributed by atoms with Gasteiger partial charge in [0.1, 0.15) is 17.4 Å². The Morgan fingerprint density at radius 2 is 2.22 bits per heavy atom. The quantitative estimate of drug-likeness (QED) is 0.848. The maximum atomic E-state index is 11.4. The van der Waals surface area contributed by atoms with Crippen molar-refractivity contribution in [2.75, 3.05) is 18.5 Å². The summed E-state index contributed by atoms with van der Waals surface area (Å²) in [7, 11) is 0. The van der Waals surface area contributed by atoms with E-state index in [0.29, 0.717) is 18.8 Å². The van der Waals surface area contributed by atoms with Gasteiger partial charge in [-0.15, -0.1) is 0 Å². The largest absolute Gasteiger partial charge is 0.491 e. The van der Waals surface area contributed by atoms with E-state index in [4.69, 9.17) is 21.1 Å². The highest BCUT2D eigenvalue weighted by atomic mass is 35.5. The molecular formula is C16H18ClN3O3. The van der Waals surface area contributed by atoms with Crippen molar-refractivity contribution >= 4 is 17.3 Å². The Labute approximate surface area is 138 Å². The minimum absolute atomic E-state index is 0.108. The molecule has 6 nitrogen and oxygen atoms in total. The Bertz CT molecular complexity index is 696. The second kappa shape index (κ2) is 7.48. The van der Waals surface area contributed by atoms with Crippen molar-refractivity contribution in [3.63, 3.8) is 0 Å². The van der Waals surface area contributed by atoms with E-state index in [-0.39, 0.29) is 11.1 Å². The maximum absolute atomic E-state index is 11.4. The third kappa shape index (κ3) is 4.24. The van der Waals surface area contributed by atoms with Gasteiger partial charge in [0.2, 0.25) is 0 Å². The number of aromatic nitrogens is 2. The second-order valence-corrected chi connectivity index (χ2v) is 5.75. The van der Waals surface area contributed by atoms with E-state index in [1.165, 1.54) is 6.20 Å². The van der Waals surface area contributed by atoms with Gasteiger partial charge in [0.25, 0.3) is 5.56 Å². The minimum atomic E-state index is -0.408. The van der Waals surface area contributed by atoms with Crippen molar-refractivity contribution < 1.29 is 9.47 Å². The summed E-state index contributed by atoms with van der Waals surface area (Å²) in [5.74, 6) is 0.820. The first-order valence-electron chi connectivity index (χ1n) is 7.53. The predicted molar refractivity (Wildman–Crippen MR) is 88.1 cm³/mol. The van der Waals surface area contributed by atoms with Crippen LogP contribution in [0.2, 0.25) is 5.02 Å². The Morgan fingerprint density at radius 3 is 2.96 bits per heavy atom. The van der Waals surface area contributed by atoms with Gasteiger partial charge < -0.3 is 14.8 Å². The van der Waals surface area contributed by atoms with Crippen molar-refractivity contribution in [2.45, 2.75) is 25.5 Å². The SMILES string of the molecule is O=c1[nH]ncc(NCc2ccc(OC[C@@H]3CCCO3)cc2)c1Cl. The van der Waals surface area contributed by atoms with Crippen LogP contribution < -0.4 is 15.6 Å². The van der Waals surface area contributed by atoms with E-state index in [9.17, 15) is 4.79 Å². The summed E-state index contributed by atoms with van der Waals surface area (Å²) in [5, 5.41) is 9.19. The summed E-state index contributed by atoms with van der Waals surface area (Å²) >= 11 is 5.91. The lowest BCUT2D eigenvalue weighted by Gasteiger charge is -2.12. The van der Waals surface area contributed by atoms with Gasteiger partial charge in [-0.25, -0.2) is 5.10 Å². The second-order valence-electron chi connectivity index (χ2n) is 5.37. The lowest BCUT2D eigenvalue weighted by Crippen LogP contribution is -2.16. The molecule has 1 aliphatic rings. The number of nitrogens with one attached hydrogen (secondary N) is 2. The van der Waals surface area contributed by atoms with Crippen molar-refractivity contribution in [1.29, 1.82) is 0 Å². The van der Waals surface area contributed by atoms with Crippen LogP contribution in [0.4, 0.5) is 5.69 Å². The zero-order chi connectivity index (χ0) is 16.1. The molecule has 1 saturated heterocycles. The number of benzene rings is 1. The van der Waals surface area contributed by atoms with Crippen LogP contribution in [0.3, 0.4) is 0 Å². The van der Waals surface area contributed by atoms with Gasteiger partial charge in [0.05, 0.1) is 18.0 Å². The highest BCUT2D eigenvalue weighted by Crippen LogP contribution is 2.18. The van der Waals surface area contributed by atoms with Crippen LogP contribution in [0.15, 0.2) is 35.3 Å². The number of halogens is 1. The average molecular weight is 336 g/mol. The lowest BCUT2D eigenvalue weighted by molar-refractivity contribution is 0.0679. The molecule has 1 aromatic heterocycles. The monoisotopic (exact) mass is 335 g/mol. The van der Waals surface area contributed by atoms with Gasteiger partial charge in [-0.1, -0.05) is 23.7 Å². The molecule has 0 saturated carbocycles. The topological polar surface area (TPSA) is 76.2 Å². The van der Waals surface area contributed by atoms with E-state index in [0.717, 1.165) is 30.8 Å². The first-order chi connectivity index (χ1) is 11.2. The number of rotatable bonds is 6. The summed E-state index contributed by atoms with van der Waals surface area (Å²) in [6.45, 7) is 1.96. The molecule has 0 amide bonds. The first kappa shape index (κ1) is 15.8. The molecule has 1 atom stereocenters. The van der Waals surface area contributed by atoms with Crippen LogP contribution in [0, 0.1) is 0 Å². The molecule has 1 aliphatic heterocycles.